The van der Waals surface area contributed by atoms with Crippen LogP contribution in [0.15, 0.2) is 0 Å². The first kappa shape index (κ1) is 16.1. The van der Waals surface area contributed by atoms with Crippen LogP contribution in [0.2, 0.25) is 0 Å². The van der Waals surface area contributed by atoms with Crippen molar-refractivity contribution in [2.45, 2.75) is 52.4 Å². The molecule has 0 saturated carbocycles. The number of hydrogen-bond acceptors (Lipinski definition) is 4. The van der Waals surface area contributed by atoms with Gasteiger partial charge in [0.05, 0.1) is 0 Å². The summed E-state index contributed by atoms with van der Waals surface area (Å²) in [7, 11) is -1.79. The number of hydrogen-bond donors (Lipinski definition) is 0. The van der Waals surface area contributed by atoms with Crippen molar-refractivity contribution in [2.75, 3.05) is 52.4 Å². The maximum absolute atomic E-state index is 2.96. The van der Waals surface area contributed by atoms with E-state index in [-0.39, 0.29) is 0 Å². The van der Waals surface area contributed by atoms with Gasteiger partial charge in [0.15, 0.2) is 0 Å². The summed E-state index contributed by atoms with van der Waals surface area (Å²) < 4.78 is 11.7. The summed E-state index contributed by atoms with van der Waals surface area (Å²) in [5.74, 6) is 0. The SMILES string of the molecule is CCN(CC)[PH](N1CCCC1)(N1CCCC1)N1CCCC1. The molecule has 0 spiro atoms. The monoisotopic (exact) mass is 314 g/mol. The summed E-state index contributed by atoms with van der Waals surface area (Å²) in [6, 6.07) is 0. The Morgan fingerprint density at radius 1 is 0.619 bits per heavy atom. The van der Waals surface area contributed by atoms with E-state index in [1.165, 1.54) is 90.9 Å². The van der Waals surface area contributed by atoms with E-state index < -0.39 is 7.87 Å². The zero-order valence-electron chi connectivity index (χ0n) is 14.2. The van der Waals surface area contributed by atoms with Crippen LogP contribution in [0.25, 0.3) is 0 Å². The van der Waals surface area contributed by atoms with E-state index in [0.29, 0.717) is 0 Å². The van der Waals surface area contributed by atoms with Crippen LogP contribution in [-0.2, 0) is 0 Å². The fourth-order valence-corrected chi connectivity index (χ4v) is 10.9. The van der Waals surface area contributed by atoms with Gasteiger partial charge in [-0.1, -0.05) is 0 Å². The van der Waals surface area contributed by atoms with Crippen LogP contribution in [0, 0.1) is 0 Å². The summed E-state index contributed by atoms with van der Waals surface area (Å²) >= 11 is 0. The van der Waals surface area contributed by atoms with Gasteiger partial charge in [0.1, 0.15) is 0 Å². The molecular weight excluding hydrogens is 279 g/mol. The second-order valence-corrected chi connectivity index (χ2v) is 10.6. The van der Waals surface area contributed by atoms with Gasteiger partial charge in [-0.3, -0.25) is 0 Å². The van der Waals surface area contributed by atoms with Crippen molar-refractivity contribution < 1.29 is 0 Å². The second-order valence-electron chi connectivity index (χ2n) is 6.85. The third-order valence-electron chi connectivity index (χ3n) is 5.78. The molecule has 0 atom stereocenters. The molecule has 0 aromatic carbocycles. The Hall–Kier alpha value is 0.270. The van der Waals surface area contributed by atoms with Gasteiger partial charge in [0.25, 0.3) is 0 Å². The third kappa shape index (κ3) is 2.79. The topological polar surface area (TPSA) is 13.0 Å². The molecule has 3 saturated heterocycles. The van der Waals surface area contributed by atoms with Crippen molar-refractivity contribution >= 4 is 7.87 Å². The van der Waals surface area contributed by atoms with Gasteiger partial charge in [-0.2, -0.15) is 0 Å². The quantitative estimate of drug-likeness (QED) is 0.699. The Morgan fingerprint density at radius 2 is 0.905 bits per heavy atom. The van der Waals surface area contributed by atoms with Crippen molar-refractivity contribution in [1.82, 2.24) is 18.7 Å². The molecule has 5 heteroatoms. The molecule has 0 amide bonds. The van der Waals surface area contributed by atoms with Crippen molar-refractivity contribution in [2.24, 2.45) is 0 Å². The molecule has 3 aliphatic rings. The molecule has 0 N–H and O–H groups in total. The Kier molecular flexibility index (Phi) is 5.55. The second kappa shape index (κ2) is 7.23. The molecule has 3 heterocycles. The van der Waals surface area contributed by atoms with E-state index in [1.54, 1.807) is 0 Å². The van der Waals surface area contributed by atoms with E-state index >= 15 is 0 Å². The summed E-state index contributed by atoms with van der Waals surface area (Å²) in [6.07, 6.45) is 8.49. The molecule has 0 aliphatic carbocycles. The zero-order valence-corrected chi connectivity index (χ0v) is 15.2. The summed E-state index contributed by atoms with van der Waals surface area (Å²) in [5.41, 5.74) is 0. The summed E-state index contributed by atoms with van der Waals surface area (Å²) in [4.78, 5) is 0. The van der Waals surface area contributed by atoms with Crippen LogP contribution in [0.3, 0.4) is 0 Å². The van der Waals surface area contributed by atoms with Crippen LogP contribution >= 0.6 is 7.87 Å². The van der Waals surface area contributed by atoms with E-state index in [9.17, 15) is 0 Å². The molecule has 0 aromatic rings. The molecule has 21 heavy (non-hydrogen) atoms. The number of rotatable bonds is 6. The van der Waals surface area contributed by atoms with Gasteiger partial charge in [0.2, 0.25) is 0 Å². The van der Waals surface area contributed by atoms with E-state index in [2.05, 4.69) is 32.5 Å². The summed E-state index contributed by atoms with van der Waals surface area (Å²) in [6.45, 7) is 15.3. The standard InChI is InChI=1S/C16H35N4P/c1-3-17(4-2)21(18-11-5-6-12-18,19-13-7-8-14-19)20-15-9-10-16-20/h21H,3-16H2,1-2H3. The molecule has 0 aromatic heterocycles. The summed E-state index contributed by atoms with van der Waals surface area (Å²) in [5, 5.41) is 0. The van der Waals surface area contributed by atoms with Crippen LogP contribution in [0.4, 0.5) is 0 Å². The predicted molar refractivity (Wildman–Crippen MR) is 93.7 cm³/mol. The van der Waals surface area contributed by atoms with Crippen molar-refractivity contribution in [3.05, 3.63) is 0 Å². The van der Waals surface area contributed by atoms with Crippen LogP contribution in [-0.4, -0.2) is 71.0 Å². The van der Waals surface area contributed by atoms with Crippen LogP contribution in [0.1, 0.15) is 52.4 Å². The Balaban J connectivity index is 1.98. The average Bonchev–Trinajstić information content (AvgIpc) is 3.28. The fourth-order valence-electron chi connectivity index (χ4n) is 4.90. The van der Waals surface area contributed by atoms with E-state index in [0.717, 1.165) is 0 Å². The van der Waals surface area contributed by atoms with Gasteiger partial charge in [0, 0.05) is 0 Å². The average molecular weight is 314 g/mol. The molecule has 3 rings (SSSR count). The molecule has 0 bridgehead atoms. The van der Waals surface area contributed by atoms with E-state index in [1.807, 2.05) is 0 Å². The fraction of sp³-hybridized carbons (Fsp3) is 1.00. The van der Waals surface area contributed by atoms with Crippen molar-refractivity contribution in [3.8, 4) is 0 Å². The minimum absolute atomic E-state index is 1.21. The molecule has 3 aliphatic heterocycles. The number of nitrogens with zero attached hydrogens (tertiary/aromatic N) is 4. The molecule has 0 radical (unpaired) electrons. The first-order valence-electron chi connectivity index (χ1n) is 9.34. The molecule has 124 valence electrons. The minimum atomic E-state index is -1.79. The predicted octanol–water partition coefficient (Wildman–Crippen LogP) is 3.03. The molecular formula is C16H35N4P. The zero-order chi connectivity index (χ0) is 14.7. The van der Waals surface area contributed by atoms with Gasteiger partial charge >= 0.3 is 131 Å². The Morgan fingerprint density at radius 3 is 1.14 bits per heavy atom. The van der Waals surface area contributed by atoms with Gasteiger partial charge in [-0.05, 0) is 0 Å². The third-order valence-corrected chi connectivity index (χ3v) is 11.1. The van der Waals surface area contributed by atoms with Crippen molar-refractivity contribution in [3.63, 3.8) is 0 Å². The first-order chi connectivity index (χ1) is 10.3. The maximum atomic E-state index is 2.96. The van der Waals surface area contributed by atoms with Crippen LogP contribution in [0.5, 0.6) is 0 Å². The van der Waals surface area contributed by atoms with Crippen molar-refractivity contribution in [1.29, 1.82) is 0 Å². The Bertz CT molecular complexity index is 269. The first-order valence-corrected chi connectivity index (χ1v) is 11.1. The normalized spacial score (nSPS) is 27.2. The van der Waals surface area contributed by atoms with E-state index in [4.69, 9.17) is 0 Å². The van der Waals surface area contributed by atoms with Gasteiger partial charge in [-0.25, -0.2) is 0 Å². The van der Waals surface area contributed by atoms with Gasteiger partial charge < -0.3 is 0 Å². The molecule has 4 nitrogen and oxygen atoms in total. The Labute approximate surface area is 132 Å². The van der Waals surface area contributed by atoms with Crippen LogP contribution < -0.4 is 0 Å². The molecule has 0 unspecified atom stereocenters. The molecule has 3 fully saturated rings. The van der Waals surface area contributed by atoms with Gasteiger partial charge in [-0.15, -0.1) is 0 Å².